The highest BCUT2D eigenvalue weighted by atomic mass is 16.5. The van der Waals surface area contributed by atoms with Crippen LogP contribution in [0.1, 0.15) is 51.1 Å². The fourth-order valence-electron chi connectivity index (χ4n) is 5.40. The maximum atomic E-state index is 13.9. The van der Waals surface area contributed by atoms with Gasteiger partial charge in [0.1, 0.15) is 5.75 Å². The fourth-order valence-corrected chi connectivity index (χ4v) is 5.40. The number of benzene rings is 2. The van der Waals surface area contributed by atoms with Crippen molar-refractivity contribution in [1.82, 2.24) is 5.32 Å². The van der Waals surface area contributed by atoms with Gasteiger partial charge >= 0.3 is 6.03 Å². The van der Waals surface area contributed by atoms with E-state index in [1.807, 2.05) is 48.5 Å². The van der Waals surface area contributed by atoms with Crippen LogP contribution in [0.3, 0.4) is 0 Å². The van der Waals surface area contributed by atoms with Gasteiger partial charge in [-0.05, 0) is 54.5 Å². The normalized spacial score (nSPS) is 23.2. The molecule has 1 aliphatic carbocycles. The van der Waals surface area contributed by atoms with Crippen molar-refractivity contribution in [3.05, 3.63) is 65.4 Å². The van der Waals surface area contributed by atoms with Crippen molar-refractivity contribution in [3.63, 3.8) is 0 Å². The number of Topliss-reactive ketones (excluding diaryl/α,β-unsaturated/α-hetero) is 1. The van der Waals surface area contributed by atoms with Gasteiger partial charge in [0.15, 0.2) is 5.78 Å². The molecule has 184 valence electrons. The van der Waals surface area contributed by atoms with Gasteiger partial charge in [0.2, 0.25) is 0 Å². The summed E-state index contributed by atoms with van der Waals surface area (Å²) in [5.74, 6) is 0.787. The maximum Gasteiger partial charge on any atom is 0.322 e. The summed E-state index contributed by atoms with van der Waals surface area (Å²) >= 11 is 0. The zero-order chi connectivity index (χ0) is 24.6. The molecule has 0 unspecified atom stereocenters. The summed E-state index contributed by atoms with van der Waals surface area (Å²) < 4.78 is 11.1. The summed E-state index contributed by atoms with van der Waals surface area (Å²) in [5.41, 5.74) is 3.77. The molecule has 2 atom stereocenters. The first-order valence-corrected chi connectivity index (χ1v) is 12.3. The van der Waals surface area contributed by atoms with Crippen molar-refractivity contribution in [2.75, 3.05) is 30.5 Å². The van der Waals surface area contributed by atoms with E-state index in [1.165, 1.54) is 0 Å². The number of amides is 2. The Kier molecular flexibility index (Phi) is 6.28. The Morgan fingerprint density at radius 1 is 1.17 bits per heavy atom. The summed E-state index contributed by atoms with van der Waals surface area (Å²) in [6.45, 7) is 5.39. The van der Waals surface area contributed by atoms with Crippen molar-refractivity contribution in [1.29, 1.82) is 0 Å². The molecule has 5 rings (SSSR count). The van der Waals surface area contributed by atoms with Crippen LogP contribution in [-0.2, 0) is 9.53 Å². The molecule has 2 aromatic rings. The van der Waals surface area contributed by atoms with Crippen LogP contribution < -0.4 is 20.3 Å². The molecule has 2 heterocycles. The van der Waals surface area contributed by atoms with Gasteiger partial charge in [-0.25, -0.2) is 4.79 Å². The third kappa shape index (κ3) is 4.65. The van der Waals surface area contributed by atoms with Crippen molar-refractivity contribution >= 4 is 23.2 Å². The predicted molar refractivity (Wildman–Crippen MR) is 136 cm³/mol. The smallest absolute Gasteiger partial charge is 0.322 e. The average Bonchev–Trinajstić information content (AvgIpc) is 3.31. The number of methoxy groups -OCH3 is 1. The number of rotatable bonds is 4. The van der Waals surface area contributed by atoms with E-state index in [4.69, 9.17) is 9.47 Å². The number of hydrogen-bond donors (Lipinski definition) is 2. The molecule has 2 aliphatic heterocycles. The van der Waals surface area contributed by atoms with Gasteiger partial charge in [0.05, 0.1) is 30.6 Å². The molecule has 7 nitrogen and oxygen atoms in total. The van der Waals surface area contributed by atoms with E-state index >= 15 is 0 Å². The van der Waals surface area contributed by atoms with Gasteiger partial charge in [0.25, 0.3) is 0 Å². The number of nitrogens with zero attached hydrogens (tertiary/aromatic N) is 1. The van der Waals surface area contributed by atoms with Crippen LogP contribution in [0.15, 0.2) is 59.8 Å². The second-order valence-electron chi connectivity index (χ2n) is 10.3. The summed E-state index contributed by atoms with van der Waals surface area (Å²) in [5, 5.41) is 6.63. The van der Waals surface area contributed by atoms with Crippen LogP contribution in [-0.4, -0.2) is 38.2 Å². The molecule has 0 bridgehead atoms. The van der Waals surface area contributed by atoms with Crippen LogP contribution in [0.25, 0.3) is 0 Å². The SMILES string of the molecule is COc1ccc([C@H]2C3=C(CC(C)(C)CC3=O)Nc3ccccc3N2C(=O)NC[C@@H]2CCCO2)cc1. The van der Waals surface area contributed by atoms with Gasteiger partial charge in [-0.1, -0.05) is 38.1 Å². The Labute approximate surface area is 206 Å². The van der Waals surface area contributed by atoms with E-state index in [1.54, 1.807) is 12.0 Å². The number of nitrogens with one attached hydrogen (secondary N) is 2. The van der Waals surface area contributed by atoms with E-state index in [2.05, 4.69) is 24.5 Å². The third-order valence-electron chi connectivity index (χ3n) is 7.06. The quantitative estimate of drug-likeness (QED) is 0.635. The first-order chi connectivity index (χ1) is 16.9. The second-order valence-corrected chi connectivity index (χ2v) is 10.3. The predicted octanol–water partition coefficient (Wildman–Crippen LogP) is 5.20. The Bertz CT molecular complexity index is 1150. The van der Waals surface area contributed by atoms with E-state index < -0.39 is 6.04 Å². The van der Waals surface area contributed by atoms with Gasteiger partial charge in [-0.2, -0.15) is 0 Å². The van der Waals surface area contributed by atoms with E-state index in [-0.39, 0.29) is 23.3 Å². The first-order valence-electron chi connectivity index (χ1n) is 12.3. The number of carbonyl (C=O) groups excluding carboxylic acids is 2. The summed E-state index contributed by atoms with van der Waals surface area (Å²) in [7, 11) is 1.62. The molecule has 0 saturated carbocycles. The van der Waals surface area contributed by atoms with Gasteiger partial charge in [-0.3, -0.25) is 9.69 Å². The number of para-hydroxylation sites is 2. The van der Waals surface area contributed by atoms with Crippen molar-refractivity contribution < 1.29 is 19.1 Å². The lowest BCUT2D eigenvalue weighted by Gasteiger charge is -2.37. The van der Waals surface area contributed by atoms with Crippen molar-refractivity contribution in [2.24, 2.45) is 5.41 Å². The van der Waals surface area contributed by atoms with E-state index in [9.17, 15) is 9.59 Å². The first kappa shape index (κ1) is 23.4. The average molecular weight is 476 g/mol. The monoisotopic (exact) mass is 475 g/mol. The molecule has 35 heavy (non-hydrogen) atoms. The molecule has 0 aromatic heterocycles. The molecule has 2 amide bonds. The zero-order valence-electron chi connectivity index (χ0n) is 20.6. The van der Waals surface area contributed by atoms with E-state index in [0.717, 1.165) is 54.3 Å². The molecule has 3 aliphatic rings. The molecule has 1 fully saturated rings. The Hall–Kier alpha value is -3.32. The molecule has 2 aromatic carbocycles. The lowest BCUT2D eigenvalue weighted by atomic mass is 9.73. The largest absolute Gasteiger partial charge is 0.497 e. The van der Waals surface area contributed by atoms with Gasteiger partial charge in [0, 0.05) is 30.8 Å². The van der Waals surface area contributed by atoms with Crippen LogP contribution in [0.5, 0.6) is 5.75 Å². The second kappa shape index (κ2) is 9.38. The number of allylic oxidation sites excluding steroid dienone is 1. The molecule has 2 N–H and O–H groups in total. The molecule has 1 saturated heterocycles. The molecule has 7 heteroatoms. The van der Waals surface area contributed by atoms with E-state index in [0.29, 0.717) is 18.5 Å². The Balaban J connectivity index is 1.64. The van der Waals surface area contributed by atoms with Crippen LogP contribution >= 0.6 is 0 Å². The van der Waals surface area contributed by atoms with Crippen LogP contribution in [0.4, 0.5) is 16.2 Å². The van der Waals surface area contributed by atoms with Crippen LogP contribution in [0, 0.1) is 5.41 Å². The Morgan fingerprint density at radius 3 is 2.66 bits per heavy atom. The summed E-state index contributed by atoms with van der Waals surface area (Å²) in [6, 6.07) is 14.6. The number of fused-ring (bicyclic) bond motifs is 1. The number of ketones is 1. The topological polar surface area (TPSA) is 79.9 Å². The Morgan fingerprint density at radius 2 is 1.94 bits per heavy atom. The molecular weight excluding hydrogens is 442 g/mol. The van der Waals surface area contributed by atoms with Gasteiger partial charge < -0.3 is 20.1 Å². The summed E-state index contributed by atoms with van der Waals surface area (Å²) in [4.78, 5) is 29.3. The standard InChI is InChI=1S/C28H33N3O4/c1-28(2)15-22-25(24(32)16-28)26(18-10-12-19(34-3)13-11-18)31(23-9-5-4-8-21(23)30-22)27(33)29-17-20-7-6-14-35-20/h4-5,8-13,20,26,30H,6-7,14-17H2,1-3H3,(H,29,33)/t20-,26-/m0/s1. The van der Waals surface area contributed by atoms with Crippen molar-refractivity contribution in [3.8, 4) is 5.75 Å². The lowest BCUT2D eigenvalue weighted by Crippen LogP contribution is -2.46. The zero-order valence-corrected chi connectivity index (χ0v) is 20.6. The fraction of sp³-hybridized carbons (Fsp3) is 0.429. The number of anilines is 2. The highest BCUT2D eigenvalue weighted by Crippen LogP contribution is 2.48. The number of carbonyl (C=O) groups is 2. The third-order valence-corrected chi connectivity index (χ3v) is 7.06. The van der Waals surface area contributed by atoms with Crippen molar-refractivity contribution in [2.45, 2.75) is 51.7 Å². The number of ether oxygens (including phenoxy) is 2. The highest BCUT2D eigenvalue weighted by molar-refractivity contribution is 6.06. The number of urea groups is 1. The molecular formula is C28H33N3O4. The highest BCUT2D eigenvalue weighted by Gasteiger charge is 2.43. The van der Waals surface area contributed by atoms with Crippen LogP contribution in [0.2, 0.25) is 0 Å². The lowest BCUT2D eigenvalue weighted by molar-refractivity contribution is -0.118. The minimum Gasteiger partial charge on any atom is -0.497 e. The maximum absolute atomic E-state index is 13.9. The van der Waals surface area contributed by atoms with Gasteiger partial charge in [-0.15, -0.1) is 0 Å². The summed E-state index contributed by atoms with van der Waals surface area (Å²) in [6.07, 6.45) is 3.11. The minimum atomic E-state index is -0.569. The molecule has 0 radical (unpaired) electrons. The number of hydrogen-bond acceptors (Lipinski definition) is 5. The minimum absolute atomic E-state index is 0.0191. The molecule has 0 spiro atoms.